The summed E-state index contributed by atoms with van der Waals surface area (Å²) in [5, 5.41) is 12.2. The molecule has 0 saturated heterocycles. The first-order valence-corrected chi connectivity index (χ1v) is 11.6. The van der Waals surface area contributed by atoms with Crippen LogP contribution in [0.25, 0.3) is 11.4 Å². The molecule has 2 aromatic carbocycles. The van der Waals surface area contributed by atoms with Crippen molar-refractivity contribution in [2.45, 2.75) is 32.0 Å². The largest absolute Gasteiger partial charge is 0.469 e. The third-order valence-corrected chi connectivity index (χ3v) is 6.11. The number of nitrogens with one attached hydrogen (secondary N) is 1. The number of aromatic nitrogens is 3. The molecule has 2 aromatic heterocycles. The zero-order valence-electron chi connectivity index (χ0n) is 18.4. The van der Waals surface area contributed by atoms with Gasteiger partial charge in [-0.15, -0.1) is 10.2 Å². The van der Waals surface area contributed by atoms with Crippen LogP contribution in [-0.2, 0) is 11.3 Å². The zero-order valence-corrected chi connectivity index (χ0v) is 19.3. The minimum absolute atomic E-state index is 0.0244. The summed E-state index contributed by atoms with van der Waals surface area (Å²) in [6.07, 6.45) is 2.04. The van der Waals surface area contributed by atoms with Gasteiger partial charge >= 0.3 is 0 Å². The Morgan fingerprint density at radius 2 is 1.79 bits per heavy atom. The third-order valence-electron chi connectivity index (χ3n) is 5.14. The molecule has 0 radical (unpaired) electrons. The van der Waals surface area contributed by atoms with Crippen molar-refractivity contribution in [2.75, 3.05) is 11.1 Å². The number of nitrogens with zero attached hydrogens (tertiary/aromatic N) is 3. The van der Waals surface area contributed by atoms with Gasteiger partial charge in [0, 0.05) is 17.7 Å². The Hall–Kier alpha value is -3.65. The molecule has 0 spiro atoms. The number of rotatable bonds is 9. The molecule has 1 amide bonds. The van der Waals surface area contributed by atoms with E-state index in [1.165, 1.54) is 11.8 Å². The molecule has 4 rings (SSSR count). The SMILES string of the molecule is CCC(=O)Nc1ccc(C(=O)CSc2nnc(-c3ccoc3C)n2Cc2ccccc2)cc1. The highest BCUT2D eigenvalue weighted by molar-refractivity contribution is 7.99. The first-order valence-electron chi connectivity index (χ1n) is 10.6. The van der Waals surface area contributed by atoms with E-state index >= 15 is 0 Å². The summed E-state index contributed by atoms with van der Waals surface area (Å²) in [5.41, 5.74) is 3.24. The van der Waals surface area contributed by atoms with Crippen molar-refractivity contribution >= 4 is 29.1 Å². The van der Waals surface area contributed by atoms with Crippen molar-refractivity contribution in [2.24, 2.45) is 0 Å². The fraction of sp³-hybridized carbons (Fsp3) is 0.200. The summed E-state index contributed by atoms with van der Waals surface area (Å²) < 4.78 is 7.47. The van der Waals surface area contributed by atoms with Crippen LogP contribution in [0, 0.1) is 6.92 Å². The van der Waals surface area contributed by atoms with Crippen molar-refractivity contribution < 1.29 is 14.0 Å². The van der Waals surface area contributed by atoms with Gasteiger partial charge in [-0.3, -0.25) is 14.2 Å². The average molecular weight is 461 g/mol. The zero-order chi connectivity index (χ0) is 23.2. The first kappa shape index (κ1) is 22.5. The maximum Gasteiger partial charge on any atom is 0.224 e. The predicted octanol–water partition coefficient (Wildman–Crippen LogP) is 5.22. The molecule has 0 saturated carbocycles. The van der Waals surface area contributed by atoms with E-state index in [2.05, 4.69) is 15.5 Å². The molecule has 0 unspecified atom stereocenters. The fourth-order valence-corrected chi connectivity index (χ4v) is 4.15. The van der Waals surface area contributed by atoms with E-state index in [0.717, 1.165) is 16.9 Å². The van der Waals surface area contributed by atoms with Gasteiger partial charge in [0.15, 0.2) is 16.8 Å². The van der Waals surface area contributed by atoms with Crippen LogP contribution in [0.3, 0.4) is 0 Å². The minimum Gasteiger partial charge on any atom is -0.469 e. The number of hydrogen-bond donors (Lipinski definition) is 1. The van der Waals surface area contributed by atoms with Gasteiger partial charge in [-0.2, -0.15) is 0 Å². The van der Waals surface area contributed by atoms with Gasteiger partial charge in [0.2, 0.25) is 5.91 Å². The van der Waals surface area contributed by atoms with Gasteiger partial charge < -0.3 is 9.73 Å². The van der Waals surface area contributed by atoms with Crippen LogP contribution in [0.1, 0.15) is 35.0 Å². The number of benzene rings is 2. The second-order valence-corrected chi connectivity index (χ2v) is 8.40. The maximum atomic E-state index is 12.8. The number of Topliss-reactive ketones (excluding diaryl/α,β-unsaturated/α-hetero) is 1. The van der Waals surface area contributed by atoms with Crippen molar-refractivity contribution in [1.82, 2.24) is 14.8 Å². The Morgan fingerprint density at radius 1 is 1.03 bits per heavy atom. The Kier molecular flexibility index (Phi) is 7.04. The van der Waals surface area contributed by atoms with E-state index in [0.29, 0.717) is 35.2 Å². The fourth-order valence-electron chi connectivity index (χ4n) is 3.32. The summed E-state index contributed by atoms with van der Waals surface area (Å²) in [6, 6.07) is 18.9. The van der Waals surface area contributed by atoms with E-state index in [9.17, 15) is 9.59 Å². The lowest BCUT2D eigenvalue weighted by Crippen LogP contribution is -2.10. The Bertz CT molecular complexity index is 1250. The van der Waals surface area contributed by atoms with Crippen molar-refractivity contribution in [3.05, 3.63) is 83.8 Å². The van der Waals surface area contributed by atoms with Crippen LogP contribution in [0.4, 0.5) is 5.69 Å². The van der Waals surface area contributed by atoms with Crippen LogP contribution in [-0.4, -0.2) is 32.2 Å². The monoisotopic (exact) mass is 460 g/mol. The minimum atomic E-state index is -0.0638. The number of aryl methyl sites for hydroxylation is 1. The smallest absolute Gasteiger partial charge is 0.224 e. The molecule has 0 aliphatic heterocycles. The van der Waals surface area contributed by atoms with Crippen molar-refractivity contribution in [3.63, 3.8) is 0 Å². The van der Waals surface area contributed by atoms with Crippen LogP contribution < -0.4 is 5.32 Å². The summed E-state index contributed by atoms with van der Waals surface area (Å²) in [5.74, 6) is 1.60. The van der Waals surface area contributed by atoms with E-state index < -0.39 is 0 Å². The quantitative estimate of drug-likeness (QED) is 0.272. The maximum absolute atomic E-state index is 12.8. The summed E-state index contributed by atoms with van der Waals surface area (Å²) in [6.45, 7) is 4.26. The Morgan fingerprint density at radius 3 is 2.45 bits per heavy atom. The van der Waals surface area contributed by atoms with E-state index in [-0.39, 0.29) is 17.4 Å². The molecule has 8 heteroatoms. The Labute approximate surface area is 196 Å². The molecule has 1 N–H and O–H groups in total. The molecule has 168 valence electrons. The number of anilines is 1. The molecule has 2 heterocycles. The molecule has 7 nitrogen and oxygen atoms in total. The van der Waals surface area contributed by atoms with Crippen LogP contribution >= 0.6 is 11.8 Å². The van der Waals surface area contributed by atoms with Crippen molar-refractivity contribution in [1.29, 1.82) is 0 Å². The topological polar surface area (TPSA) is 90.0 Å². The number of thioether (sulfide) groups is 1. The summed E-state index contributed by atoms with van der Waals surface area (Å²) >= 11 is 1.35. The standard InChI is InChI=1S/C25H24N4O3S/c1-3-23(31)26-20-11-9-19(10-12-20)22(30)16-33-25-28-27-24(21-13-14-32-17(21)2)29(25)15-18-7-5-4-6-8-18/h4-14H,3,15-16H2,1-2H3,(H,26,31). The van der Waals surface area contributed by atoms with E-state index in [1.54, 1.807) is 37.5 Å². The molecule has 0 aliphatic rings. The lowest BCUT2D eigenvalue weighted by molar-refractivity contribution is -0.115. The van der Waals surface area contributed by atoms with Crippen LogP contribution in [0.5, 0.6) is 0 Å². The second-order valence-electron chi connectivity index (χ2n) is 7.46. The third kappa shape index (κ3) is 5.40. The van der Waals surface area contributed by atoms with Gasteiger partial charge in [-0.05, 0) is 42.8 Å². The lowest BCUT2D eigenvalue weighted by Gasteiger charge is -2.10. The van der Waals surface area contributed by atoms with Gasteiger partial charge in [0.25, 0.3) is 0 Å². The normalized spacial score (nSPS) is 10.8. The summed E-state index contributed by atoms with van der Waals surface area (Å²) in [7, 11) is 0. The van der Waals surface area contributed by atoms with Gasteiger partial charge in [-0.1, -0.05) is 49.0 Å². The molecule has 0 aliphatic carbocycles. The second kappa shape index (κ2) is 10.3. The Balaban J connectivity index is 1.52. The number of carbonyl (C=O) groups excluding carboxylic acids is 2. The molecule has 33 heavy (non-hydrogen) atoms. The van der Waals surface area contributed by atoms with Crippen LogP contribution in [0.15, 0.2) is 76.5 Å². The van der Waals surface area contributed by atoms with Crippen molar-refractivity contribution in [3.8, 4) is 11.4 Å². The van der Waals surface area contributed by atoms with Gasteiger partial charge in [-0.25, -0.2) is 0 Å². The van der Waals surface area contributed by atoms with Gasteiger partial charge in [0.05, 0.1) is 24.1 Å². The summed E-state index contributed by atoms with van der Waals surface area (Å²) in [4.78, 5) is 24.3. The van der Waals surface area contributed by atoms with E-state index in [1.807, 2.05) is 47.9 Å². The molecule has 0 fully saturated rings. The molecule has 0 atom stereocenters. The number of ketones is 1. The first-order chi connectivity index (χ1) is 16.0. The van der Waals surface area contributed by atoms with Crippen LogP contribution in [0.2, 0.25) is 0 Å². The molecular weight excluding hydrogens is 436 g/mol. The lowest BCUT2D eigenvalue weighted by atomic mass is 10.1. The number of carbonyl (C=O) groups is 2. The molecular formula is C25H24N4O3S. The van der Waals surface area contributed by atoms with Gasteiger partial charge in [0.1, 0.15) is 5.76 Å². The molecule has 0 bridgehead atoms. The number of amides is 1. The number of hydrogen-bond acceptors (Lipinski definition) is 6. The highest BCUT2D eigenvalue weighted by atomic mass is 32.2. The van der Waals surface area contributed by atoms with E-state index in [4.69, 9.17) is 4.42 Å². The number of furan rings is 1. The highest BCUT2D eigenvalue weighted by Gasteiger charge is 2.19. The predicted molar refractivity (Wildman–Crippen MR) is 128 cm³/mol. The average Bonchev–Trinajstić information content (AvgIpc) is 3.43. The highest BCUT2D eigenvalue weighted by Crippen LogP contribution is 2.28. The molecule has 4 aromatic rings.